The maximum atomic E-state index is 12.5. The van der Waals surface area contributed by atoms with E-state index < -0.39 is 17.7 Å². The summed E-state index contributed by atoms with van der Waals surface area (Å²) >= 11 is 0. The molecule has 0 aromatic carbocycles. The molecule has 0 bridgehead atoms. The highest BCUT2D eigenvalue weighted by Crippen LogP contribution is 2.21. The van der Waals surface area contributed by atoms with Gasteiger partial charge in [0.2, 0.25) is 11.8 Å². The molecule has 0 aromatic heterocycles. The van der Waals surface area contributed by atoms with Gasteiger partial charge >= 0.3 is 0 Å². The molecule has 2 amide bonds. The van der Waals surface area contributed by atoms with Crippen LogP contribution in [0.5, 0.6) is 0 Å². The topological polar surface area (TPSA) is 90.3 Å². The van der Waals surface area contributed by atoms with Crippen molar-refractivity contribution in [1.29, 1.82) is 5.26 Å². The third-order valence-corrected chi connectivity index (χ3v) is 3.75. The number of amides is 2. The second kappa shape index (κ2) is 8.52. The van der Waals surface area contributed by atoms with Crippen molar-refractivity contribution in [1.82, 2.24) is 10.2 Å². The van der Waals surface area contributed by atoms with E-state index in [0.29, 0.717) is 25.9 Å². The van der Waals surface area contributed by atoms with Gasteiger partial charge in [0.15, 0.2) is 11.7 Å². The number of likely N-dealkylation sites (tertiary alicyclic amines) is 1. The number of nitrogens with one attached hydrogen (secondary N) is 1. The highest BCUT2D eigenvalue weighted by Gasteiger charge is 2.35. The summed E-state index contributed by atoms with van der Waals surface area (Å²) in [5.41, 5.74) is 0. The van der Waals surface area contributed by atoms with Crippen molar-refractivity contribution in [3.63, 3.8) is 0 Å². The highest BCUT2D eigenvalue weighted by atomic mass is 16.2. The van der Waals surface area contributed by atoms with Crippen LogP contribution >= 0.6 is 0 Å². The van der Waals surface area contributed by atoms with Gasteiger partial charge in [-0.25, -0.2) is 0 Å². The Hall–Kier alpha value is -1.90. The Morgan fingerprint density at radius 2 is 2.05 bits per heavy atom. The first-order valence-electron chi connectivity index (χ1n) is 7.92. The Labute approximate surface area is 131 Å². The minimum absolute atomic E-state index is 0.0418. The van der Waals surface area contributed by atoms with E-state index in [4.69, 9.17) is 5.26 Å². The van der Waals surface area contributed by atoms with Gasteiger partial charge in [-0.1, -0.05) is 6.92 Å². The van der Waals surface area contributed by atoms with Crippen LogP contribution in [0.1, 0.15) is 46.5 Å². The fraction of sp³-hybridized carbons (Fsp3) is 0.750. The number of carbonyl (C=O) groups is 3. The Balaban J connectivity index is 2.72. The molecular formula is C16H25N3O3. The van der Waals surface area contributed by atoms with Crippen LogP contribution in [0.4, 0.5) is 0 Å². The molecule has 6 heteroatoms. The van der Waals surface area contributed by atoms with E-state index in [1.165, 1.54) is 0 Å². The molecule has 0 aliphatic carbocycles. The lowest BCUT2D eigenvalue weighted by molar-refractivity contribution is -0.137. The van der Waals surface area contributed by atoms with E-state index in [-0.39, 0.29) is 17.7 Å². The van der Waals surface area contributed by atoms with E-state index in [1.54, 1.807) is 18.7 Å². The van der Waals surface area contributed by atoms with E-state index in [1.807, 2.05) is 13.0 Å². The Kier molecular flexibility index (Phi) is 7.03. The van der Waals surface area contributed by atoms with Gasteiger partial charge in [-0.05, 0) is 33.1 Å². The number of ketones is 1. The zero-order chi connectivity index (χ0) is 16.7. The van der Waals surface area contributed by atoms with Crippen LogP contribution in [-0.2, 0) is 14.4 Å². The number of rotatable bonds is 6. The first-order valence-corrected chi connectivity index (χ1v) is 7.92. The maximum Gasteiger partial charge on any atom is 0.245 e. The predicted octanol–water partition coefficient (Wildman–Crippen LogP) is 1.26. The number of Topliss-reactive ketones (excluding diaryl/α,β-unsaturated/α-hetero) is 1. The van der Waals surface area contributed by atoms with Gasteiger partial charge in [0, 0.05) is 31.5 Å². The maximum absolute atomic E-state index is 12.5. The fourth-order valence-electron chi connectivity index (χ4n) is 2.66. The van der Waals surface area contributed by atoms with Crippen LogP contribution < -0.4 is 5.32 Å². The molecule has 0 spiro atoms. The molecule has 0 aromatic rings. The van der Waals surface area contributed by atoms with Gasteiger partial charge in [-0.15, -0.1) is 0 Å². The molecule has 1 N–H and O–H groups in total. The summed E-state index contributed by atoms with van der Waals surface area (Å²) in [5, 5.41) is 11.8. The van der Waals surface area contributed by atoms with Gasteiger partial charge in [0.1, 0.15) is 0 Å². The molecule has 0 saturated carbocycles. The summed E-state index contributed by atoms with van der Waals surface area (Å²) in [6.07, 6.45) is 2.60. The van der Waals surface area contributed by atoms with Gasteiger partial charge in [-0.2, -0.15) is 5.26 Å². The molecule has 1 aliphatic rings. The van der Waals surface area contributed by atoms with E-state index in [9.17, 15) is 14.4 Å². The Bertz CT molecular complexity index is 468. The second-order valence-corrected chi connectivity index (χ2v) is 6.06. The fourth-order valence-corrected chi connectivity index (χ4v) is 2.66. The molecule has 6 nitrogen and oxygen atoms in total. The summed E-state index contributed by atoms with van der Waals surface area (Å²) in [4.78, 5) is 38.0. The van der Waals surface area contributed by atoms with E-state index in [0.717, 1.165) is 12.8 Å². The summed E-state index contributed by atoms with van der Waals surface area (Å²) in [6, 6.07) is 1.69. The molecule has 1 aliphatic heterocycles. The lowest BCUT2D eigenvalue weighted by Gasteiger charge is -2.32. The lowest BCUT2D eigenvalue weighted by Crippen LogP contribution is -2.46. The van der Waals surface area contributed by atoms with Crippen LogP contribution in [0, 0.1) is 23.2 Å². The number of hydrogen-bond acceptors (Lipinski definition) is 4. The molecule has 1 rings (SSSR count). The van der Waals surface area contributed by atoms with Gasteiger partial charge in [-0.3, -0.25) is 14.4 Å². The second-order valence-electron chi connectivity index (χ2n) is 6.06. The number of hydrogen-bond donors (Lipinski definition) is 1. The minimum Gasteiger partial charge on any atom is -0.352 e. The molecule has 1 fully saturated rings. The third-order valence-electron chi connectivity index (χ3n) is 3.75. The van der Waals surface area contributed by atoms with Crippen LogP contribution in [0.3, 0.4) is 0 Å². The zero-order valence-electron chi connectivity index (χ0n) is 13.6. The lowest BCUT2D eigenvalue weighted by atomic mass is 9.86. The Morgan fingerprint density at radius 3 is 2.59 bits per heavy atom. The number of nitrogens with zero attached hydrogens (tertiary/aromatic N) is 2. The molecule has 1 saturated heterocycles. The summed E-state index contributed by atoms with van der Waals surface area (Å²) in [7, 11) is 0. The standard InChI is InChI=1S/C16H25N3O3/c1-4-6-14(20)19-8-5-7-12(10-19)15(21)13(9-17)16(22)18-11(2)3/h11-13H,4-8,10H2,1-3H3,(H,18,22)/t12-,13-/m0/s1. The van der Waals surface area contributed by atoms with Gasteiger partial charge < -0.3 is 10.2 Å². The minimum atomic E-state index is -1.28. The monoisotopic (exact) mass is 307 g/mol. The summed E-state index contributed by atoms with van der Waals surface area (Å²) < 4.78 is 0. The number of carbonyl (C=O) groups excluding carboxylic acids is 3. The van der Waals surface area contributed by atoms with E-state index >= 15 is 0 Å². The van der Waals surface area contributed by atoms with Crippen molar-refractivity contribution < 1.29 is 14.4 Å². The summed E-state index contributed by atoms with van der Waals surface area (Å²) in [6.45, 7) is 6.47. The predicted molar refractivity (Wildman–Crippen MR) is 81.6 cm³/mol. The average Bonchev–Trinajstić information content (AvgIpc) is 2.47. The molecule has 22 heavy (non-hydrogen) atoms. The molecule has 2 atom stereocenters. The molecular weight excluding hydrogens is 282 g/mol. The van der Waals surface area contributed by atoms with Crippen molar-refractivity contribution in [3.8, 4) is 6.07 Å². The third kappa shape index (κ3) is 4.83. The Morgan fingerprint density at radius 1 is 1.36 bits per heavy atom. The SMILES string of the molecule is CCCC(=O)N1CCC[C@H](C(=O)[C@H](C#N)C(=O)NC(C)C)C1. The number of nitriles is 1. The van der Waals surface area contributed by atoms with Crippen molar-refractivity contribution in [2.24, 2.45) is 11.8 Å². The quantitative estimate of drug-likeness (QED) is 0.748. The number of piperidine rings is 1. The van der Waals surface area contributed by atoms with E-state index in [2.05, 4.69) is 5.32 Å². The van der Waals surface area contributed by atoms with Gasteiger partial charge in [0.25, 0.3) is 0 Å². The first kappa shape index (κ1) is 18.1. The molecule has 1 heterocycles. The van der Waals surface area contributed by atoms with Crippen molar-refractivity contribution in [2.75, 3.05) is 13.1 Å². The molecule has 122 valence electrons. The van der Waals surface area contributed by atoms with Crippen LogP contribution in [0.15, 0.2) is 0 Å². The normalized spacial score (nSPS) is 19.4. The first-order chi connectivity index (χ1) is 10.4. The molecule has 0 radical (unpaired) electrons. The van der Waals surface area contributed by atoms with Crippen LogP contribution in [0.25, 0.3) is 0 Å². The highest BCUT2D eigenvalue weighted by molar-refractivity contribution is 6.05. The summed E-state index contributed by atoms with van der Waals surface area (Å²) in [5.74, 6) is -2.57. The van der Waals surface area contributed by atoms with Crippen molar-refractivity contribution in [2.45, 2.75) is 52.5 Å². The van der Waals surface area contributed by atoms with Crippen molar-refractivity contribution >= 4 is 17.6 Å². The smallest absolute Gasteiger partial charge is 0.245 e. The van der Waals surface area contributed by atoms with Crippen molar-refractivity contribution in [3.05, 3.63) is 0 Å². The molecule has 0 unspecified atom stereocenters. The van der Waals surface area contributed by atoms with Crippen LogP contribution in [-0.4, -0.2) is 41.6 Å². The zero-order valence-corrected chi connectivity index (χ0v) is 13.6. The van der Waals surface area contributed by atoms with Crippen LogP contribution in [0.2, 0.25) is 0 Å². The van der Waals surface area contributed by atoms with Gasteiger partial charge in [0.05, 0.1) is 6.07 Å². The largest absolute Gasteiger partial charge is 0.352 e. The average molecular weight is 307 g/mol.